The Morgan fingerprint density at radius 1 is 1.29 bits per heavy atom. The first-order valence-electron chi connectivity index (χ1n) is 7.67. The van der Waals surface area contributed by atoms with Crippen molar-refractivity contribution < 1.29 is 4.74 Å². The highest BCUT2D eigenvalue weighted by Crippen LogP contribution is 2.30. The first kappa shape index (κ1) is 15.4. The molecule has 0 aliphatic rings. The van der Waals surface area contributed by atoms with E-state index in [1.807, 2.05) is 43.8 Å². The largest absolute Gasteiger partial charge is 0.493 e. The van der Waals surface area contributed by atoms with Crippen LogP contribution in [0.15, 0.2) is 35.1 Å². The van der Waals surface area contributed by atoms with Gasteiger partial charge in [-0.15, -0.1) is 11.3 Å². The molecule has 3 aromatic heterocycles. The summed E-state index contributed by atoms with van der Waals surface area (Å²) in [6, 6.07) is 6.07. The van der Waals surface area contributed by atoms with Crippen molar-refractivity contribution in [1.82, 2.24) is 19.9 Å². The van der Waals surface area contributed by atoms with Crippen LogP contribution < -0.4 is 4.74 Å². The summed E-state index contributed by atoms with van der Waals surface area (Å²) in [6.07, 6.45) is 1.86. The second-order valence-corrected chi connectivity index (χ2v) is 7.19. The smallest absolute Gasteiger partial charge is 0.166 e. The molecular weight excluding hydrogens is 340 g/mol. The molecule has 0 saturated heterocycles. The monoisotopic (exact) mass is 356 g/mol. The molecule has 0 atom stereocenters. The van der Waals surface area contributed by atoms with Gasteiger partial charge in [0.1, 0.15) is 11.3 Å². The van der Waals surface area contributed by atoms with E-state index < -0.39 is 0 Å². The highest BCUT2D eigenvalue weighted by atomic mass is 32.2. The van der Waals surface area contributed by atoms with Gasteiger partial charge in [0.05, 0.1) is 33.5 Å². The number of imidazole rings is 1. The molecule has 5 nitrogen and oxygen atoms in total. The summed E-state index contributed by atoms with van der Waals surface area (Å²) in [5, 5.41) is 0.895. The highest BCUT2D eigenvalue weighted by Gasteiger charge is 2.10. The number of fused-ring (bicyclic) bond motifs is 3. The predicted octanol–water partition coefficient (Wildman–Crippen LogP) is 4.57. The van der Waals surface area contributed by atoms with Crippen LogP contribution in [0.1, 0.15) is 18.2 Å². The van der Waals surface area contributed by atoms with E-state index in [4.69, 9.17) is 9.72 Å². The lowest BCUT2D eigenvalue weighted by Crippen LogP contribution is -1.97. The van der Waals surface area contributed by atoms with Crippen LogP contribution in [0.5, 0.6) is 5.75 Å². The third kappa shape index (κ3) is 2.85. The maximum Gasteiger partial charge on any atom is 0.166 e. The van der Waals surface area contributed by atoms with Gasteiger partial charge in [0.2, 0.25) is 0 Å². The fourth-order valence-electron chi connectivity index (χ4n) is 2.52. The molecule has 0 saturated carbocycles. The highest BCUT2D eigenvalue weighted by molar-refractivity contribution is 7.98. The van der Waals surface area contributed by atoms with E-state index in [-0.39, 0.29) is 0 Å². The summed E-state index contributed by atoms with van der Waals surface area (Å²) in [5.41, 5.74) is 6.93. The normalized spacial score (nSPS) is 11.4. The van der Waals surface area contributed by atoms with Crippen LogP contribution in [0.3, 0.4) is 0 Å². The van der Waals surface area contributed by atoms with Crippen molar-refractivity contribution in [2.75, 3.05) is 6.61 Å². The summed E-state index contributed by atoms with van der Waals surface area (Å²) >= 11 is 3.26. The van der Waals surface area contributed by atoms with Crippen molar-refractivity contribution in [1.29, 1.82) is 0 Å². The molecule has 0 radical (unpaired) electrons. The summed E-state index contributed by atoms with van der Waals surface area (Å²) < 4.78 is 6.77. The molecule has 7 heteroatoms. The Labute approximate surface area is 147 Å². The van der Waals surface area contributed by atoms with E-state index in [1.54, 1.807) is 23.1 Å². The fraction of sp³-hybridized carbons (Fsp3) is 0.235. The zero-order chi connectivity index (χ0) is 16.5. The number of hydrogen-bond donors (Lipinski definition) is 1. The maximum absolute atomic E-state index is 5.64. The first-order valence-corrected chi connectivity index (χ1v) is 9.54. The van der Waals surface area contributed by atoms with Crippen LogP contribution in [0.2, 0.25) is 0 Å². The van der Waals surface area contributed by atoms with Crippen LogP contribution >= 0.6 is 23.1 Å². The van der Waals surface area contributed by atoms with Gasteiger partial charge in [-0.05, 0) is 26.0 Å². The van der Waals surface area contributed by atoms with Gasteiger partial charge in [-0.3, -0.25) is 4.98 Å². The first-order chi connectivity index (χ1) is 11.7. The molecule has 3 heterocycles. The number of nitrogens with zero attached hydrogens (tertiary/aromatic N) is 3. The van der Waals surface area contributed by atoms with E-state index in [9.17, 15) is 0 Å². The Balaban J connectivity index is 1.57. The molecule has 0 fully saturated rings. The van der Waals surface area contributed by atoms with E-state index in [2.05, 4.69) is 15.0 Å². The van der Waals surface area contributed by atoms with Crippen molar-refractivity contribution >= 4 is 44.3 Å². The quantitative estimate of drug-likeness (QED) is 0.531. The zero-order valence-electron chi connectivity index (χ0n) is 13.4. The van der Waals surface area contributed by atoms with Gasteiger partial charge in [-0.1, -0.05) is 11.8 Å². The molecule has 0 unspecified atom stereocenters. The molecule has 1 aromatic carbocycles. The van der Waals surface area contributed by atoms with Crippen LogP contribution in [-0.2, 0) is 5.75 Å². The van der Waals surface area contributed by atoms with E-state index in [1.165, 1.54) is 0 Å². The number of H-pyrrole nitrogens is 1. The zero-order valence-corrected chi connectivity index (χ0v) is 15.0. The minimum absolute atomic E-state index is 0.659. The third-order valence-corrected chi connectivity index (χ3v) is 5.45. The number of aryl methyl sites for hydroxylation is 1. The van der Waals surface area contributed by atoms with Crippen molar-refractivity contribution in [3.63, 3.8) is 0 Å². The molecule has 0 aliphatic heterocycles. The fourth-order valence-corrected chi connectivity index (χ4v) is 4.08. The summed E-state index contributed by atoms with van der Waals surface area (Å²) in [4.78, 5) is 16.9. The Morgan fingerprint density at radius 3 is 3.08 bits per heavy atom. The summed E-state index contributed by atoms with van der Waals surface area (Å²) in [7, 11) is 0. The lowest BCUT2D eigenvalue weighted by Gasteiger charge is -2.08. The van der Waals surface area contributed by atoms with Gasteiger partial charge in [0.25, 0.3) is 0 Å². The second-order valence-electron chi connectivity index (χ2n) is 5.37. The number of pyridine rings is 1. The van der Waals surface area contributed by atoms with Gasteiger partial charge >= 0.3 is 0 Å². The van der Waals surface area contributed by atoms with Crippen molar-refractivity contribution in [2.45, 2.75) is 24.8 Å². The number of benzene rings is 1. The number of nitrogens with one attached hydrogen (secondary N) is 1. The van der Waals surface area contributed by atoms with Gasteiger partial charge in [0, 0.05) is 23.6 Å². The molecule has 0 aliphatic carbocycles. The predicted molar refractivity (Wildman–Crippen MR) is 99.0 cm³/mol. The molecule has 0 bridgehead atoms. The van der Waals surface area contributed by atoms with E-state index >= 15 is 0 Å². The number of ether oxygens (including phenoxy) is 1. The number of aromatic nitrogens is 4. The molecule has 24 heavy (non-hydrogen) atoms. The number of aromatic amines is 1. The molecule has 1 N–H and O–H groups in total. The minimum Gasteiger partial charge on any atom is -0.493 e. The van der Waals surface area contributed by atoms with E-state index in [0.29, 0.717) is 6.61 Å². The van der Waals surface area contributed by atoms with Crippen molar-refractivity contribution in [3.8, 4) is 5.75 Å². The van der Waals surface area contributed by atoms with Gasteiger partial charge in [-0.25, -0.2) is 9.97 Å². The van der Waals surface area contributed by atoms with Crippen LogP contribution in [0, 0.1) is 6.92 Å². The minimum atomic E-state index is 0.659. The molecule has 122 valence electrons. The standard InChI is InChI=1S/C17H16N4OS2/c1-3-22-14-6-11(18-7-10(14)2)8-23-17-20-12-4-5-13-16(15(12)21-17)24-9-19-13/h4-7,9H,3,8H2,1-2H3,(H,20,21). The molecule has 0 spiro atoms. The van der Waals surface area contributed by atoms with Crippen LogP contribution in [0.4, 0.5) is 0 Å². The summed E-state index contributed by atoms with van der Waals surface area (Å²) in [5.74, 6) is 1.64. The average molecular weight is 356 g/mol. The number of thioether (sulfide) groups is 1. The Morgan fingerprint density at radius 2 is 2.21 bits per heavy atom. The SMILES string of the molecule is CCOc1cc(CSc2nc3c(ccc4ncsc43)[nH]2)ncc1C. The molecule has 0 amide bonds. The molecular formula is C17H16N4OS2. The van der Waals surface area contributed by atoms with Gasteiger partial charge in [-0.2, -0.15) is 0 Å². The van der Waals surface area contributed by atoms with Crippen LogP contribution in [0.25, 0.3) is 21.3 Å². The molecule has 4 rings (SSSR count). The summed E-state index contributed by atoms with van der Waals surface area (Å²) in [6.45, 7) is 4.66. The van der Waals surface area contributed by atoms with Crippen molar-refractivity contribution in [2.24, 2.45) is 0 Å². The molecule has 4 aromatic rings. The van der Waals surface area contributed by atoms with Gasteiger partial charge in [0.15, 0.2) is 5.16 Å². The van der Waals surface area contributed by atoms with Crippen LogP contribution in [-0.4, -0.2) is 26.5 Å². The second kappa shape index (κ2) is 6.41. The maximum atomic E-state index is 5.64. The Bertz CT molecular complexity index is 1010. The average Bonchev–Trinajstić information content (AvgIpc) is 3.21. The topological polar surface area (TPSA) is 63.7 Å². The van der Waals surface area contributed by atoms with Gasteiger partial charge < -0.3 is 9.72 Å². The number of thiazole rings is 1. The Hall–Kier alpha value is -2.12. The Kier molecular flexibility index (Phi) is 4.12. The lowest BCUT2D eigenvalue weighted by molar-refractivity contribution is 0.337. The lowest BCUT2D eigenvalue weighted by atomic mass is 10.2. The third-order valence-electron chi connectivity index (χ3n) is 3.69. The van der Waals surface area contributed by atoms with Crippen molar-refractivity contribution in [3.05, 3.63) is 41.2 Å². The van der Waals surface area contributed by atoms with E-state index in [0.717, 1.165) is 49.2 Å². The number of hydrogen-bond acceptors (Lipinski definition) is 6. The number of rotatable bonds is 5.